The average molecular weight is 582 g/mol. The number of aromatic amines is 1. The zero-order valence-electron chi connectivity index (χ0n) is 24.8. The summed E-state index contributed by atoms with van der Waals surface area (Å²) in [5.41, 5.74) is 5.01. The molecule has 11 nitrogen and oxygen atoms in total. The zero-order valence-corrected chi connectivity index (χ0v) is 24.8. The van der Waals surface area contributed by atoms with Crippen LogP contribution in [0.25, 0.3) is 27.9 Å². The van der Waals surface area contributed by atoms with Crippen LogP contribution >= 0.6 is 0 Å². The van der Waals surface area contributed by atoms with E-state index in [9.17, 15) is 9.90 Å². The number of benzene rings is 2. The van der Waals surface area contributed by atoms with E-state index < -0.39 is 6.23 Å². The molecule has 43 heavy (non-hydrogen) atoms. The summed E-state index contributed by atoms with van der Waals surface area (Å²) in [5.74, 6) is 1.75. The Morgan fingerprint density at radius 3 is 2.65 bits per heavy atom. The monoisotopic (exact) mass is 581 g/mol. The maximum Gasteiger partial charge on any atom is 0.234 e. The Balaban J connectivity index is 0.952. The van der Waals surface area contributed by atoms with Gasteiger partial charge in [-0.05, 0) is 62.1 Å². The summed E-state index contributed by atoms with van der Waals surface area (Å²) in [6.07, 6.45) is 5.92. The number of likely N-dealkylation sites (tertiary alicyclic amines) is 1. The Labute approximate surface area is 251 Å². The van der Waals surface area contributed by atoms with Crippen molar-refractivity contribution < 1.29 is 9.90 Å². The number of carbonyl (C=O) groups excluding carboxylic acids is 1. The van der Waals surface area contributed by atoms with Gasteiger partial charge in [-0.15, -0.1) is 0 Å². The second kappa shape index (κ2) is 11.2. The van der Waals surface area contributed by atoms with Crippen LogP contribution in [0.3, 0.4) is 0 Å². The fourth-order valence-corrected chi connectivity index (χ4v) is 6.90. The summed E-state index contributed by atoms with van der Waals surface area (Å²) in [6.45, 7) is 7.13. The highest BCUT2D eigenvalue weighted by atomic mass is 16.3. The van der Waals surface area contributed by atoms with Gasteiger partial charge in [-0.3, -0.25) is 24.4 Å². The Hall–Kier alpha value is -4.06. The molecule has 2 atom stereocenters. The highest BCUT2D eigenvalue weighted by Crippen LogP contribution is 2.43. The summed E-state index contributed by atoms with van der Waals surface area (Å²) in [6, 6.07) is 14.5. The van der Waals surface area contributed by atoms with Crippen LogP contribution in [0.15, 0.2) is 54.9 Å². The fraction of sp³-hybridized carbons (Fsp3) is 0.438. The molecule has 2 fully saturated rings. The van der Waals surface area contributed by atoms with E-state index in [0.29, 0.717) is 26.2 Å². The smallest absolute Gasteiger partial charge is 0.234 e. The van der Waals surface area contributed by atoms with Gasteiger partial charge in [-0.1, -0.05) is 30.3 Å². The fourth-order valence-electron chi connectivity index (χ4n) is 6.90. The molecule has 3 aliphatic rings. The molecule has 5 heterocycles. The minimum absolute atomic E-state index is 0.202. The van der Waals surface area contributed by atoms with Crippen molar-refractivity contribution in [3.05, 3.63) is 60.4 Å². The summed E-state index contributed by atoms with van der Waals surface area (Å²) in [7, 11) is 1.87. The highest BCUT2D eigenvalue weighted by molar-refractivity contribution is 6.02. The minimum Gasteiger partial charge on any atom is -0.377 e. The SMILES string of the molecule is CCNc1n[nH]c2ccc(N3CC[C@]4(CCN(CC(O)N5CC=C(c6ccc(-c7ncn(C)n7)cc6)CC5)C4)C3=O)cc12. The number of nitrogens with zero attached hydrogens (tertiary/aromatic N) is 7. The number of aromatic nitrogens is 5. The third kappa shape index (κ3) is 5.21. The normalized spacial score (nSPS) is 22.2. The molecule has 0 bridgehead atoms. The molecule has 2 aromatic carbocycles. The summed E-state index contributed by atoms with van der Waals surface area (Å²) >= 11 is 0. The first kappa shape index (κ1) is 27.8. The van der Waals surface area contributed by atoms with Crippen LogP contribution in [0.2, 0.25) is 0 Å². The lowest BCUT2D eigenvalue weighted by Crippen LogP contribution is -2.46. The van der Waals surface area contributed by atoms with Gasteiger partial charge in [-0.25, -0.2) is 4.98 Å². The Morgan fingerprint density at radius 1 is 1.09 bits per heavy atom. The molecule has 0 saturated carbocycles. The van der Waals surface area contributed by atoms with Gasteiger partial charge in [0.15, 0.2) is 11.6 Å². The molecule has 2 saturated heterocycles. The lowest BCUT2D eigenvalue weighted by Gasteiger charge is -2.33. The van der Waals surface area contributed by atoms with Gasteiger partial charge in [0, 0.05) is 63.0 Å². The number of aliphatic hydroxyl groups excluding tert-OH is 1. The van der Waals surface area contributed by atoms with Crippen molar-refractivity contribution in [2.24, 2.45) is 12.5 Å². The molecule has 2 aromatic heterocycles. The van der Waals surface area contributed by atoms with E-state index in [1.54, 1.807) is 11.0 Å². The number of aryl methyl sites for hydroxylation is 1. The Morgan fingerprint density at radius 2 is 1.91 bits per heavy atom. The molecule has 0 aliphatic carbocycles. The maximum atomic E-state index is 13.8. The topological polar surface area (TPSA) is 118 Å². The number of β-amino-alcohol motifs (C(OH)–C–C–N with tert-alkyl or cyclic N) is 1. The van der Waals surface area contributed by atoms with Crippen LogP contribution < -0.4 is 10.2 Å². The summed E-state index contributed by atoms with van der Waals surface area (Å²) < 4.78 is 1.71. The van der Waals surface area contributed by atoms with E-state index in [2.05, 4.69) is 71.8 Å². The van der Waals surface area contributed by atoms with Gasteiger partial charge >= 0.3 is 0 Å². The molecule has 1 amide bonds. The Kier molecular flexibility index (Phi) is 7.24. The quantitative estimate of drug-likeness (QED) is 0.290. The number of H-pyrrole nitrogens is 1. The van der Waals surface area contributed by atoms with Crippen LogP contribution in [0.5, 0.6) is 0 Å². The van der Waals surface area contributed by atoms with Crippen LogP contribution in [-0.2, 0) is 11.8 Å². The molecule has 0 radical (unpaired) electrons. The first-order valence-electron chi connectivity index (χ1n) is 15.3. The zero-order chi connectivity index (χ0) is 29.6. The molecule has 3 aliphatic heterocycles. The van der Waals surface area contributed by atoms with E-state index in [0.717, 1.165) is 72.7 Å². The van der Waals surface area contributed by atoms with Gasteiger partial charge in [0.25, 0.3) is 0 Å². The van der Waals surface area contributed by atoms with Gasteiger partial charge < -0.3 is 15.3 Å². The van der Waals surface area contributed by atoms with E-state index in [1.165, 1.54) is 11.1 Å². The molecule has 3 N–H and O–H groups in total. The van der Waals surface area contributed by atoms with Crippen LogP contribution in [0.4, 0.5) is 11.5 Å². The number of hydrogen-bond acceptors (Lipinski definition) is 8. The molecule has 7 rings (SSSR count). The highest BCUT2D eigenvalue weighted by Gasteiger charge is 2.51. The first-order chi connectivity index (χ1) is 20.9. The average Bonchev–Trinajstić information content (AvgIpc) is 3.82. The largest absolute Gasteiger partial charge is 0.377 e. The predicted octanol–water partition coefficient (Wildman–Crippen LogP) is 3.33. The summed E-state index contributed by atoms with van der Waals surface area (Å²) in [4.78, 5) is 24.5. The van der Waals surface area contributed by atoms with Crippen molar-refractivity contribution in [2.75, 3.05) is 56.0 Å². The van der Waals surface area contributed by atoms with Crippen molar-refractivity contribution in [1.82, 2.24) is 34.8 Å². The van der Waals surface area contributed by atoms with Gasteiger partial charge in [0.2, 0.25) is 5.91 Å². The van der Waals surface area contributed by atoms with Gasteiger partial charge in [0.1, 0.15) is 12.6 Å². The second-order valence-electron chi connectivity index (χ2n) is 12.1. The standard InChI is InChI=1S/C32H39N9O2/c1-3-33-30-26-18-25(8-9-27(26)35-36-30)41-17-13-32(31(41)43)12-16-39(20-32)19-28(42)40-14-10-23(11-15-40)22-4-6-24(7-5-22)29-34-21-38(2)37-29/h4-10,18,21,28,42H,3,11-17,19-20H2,1-2H3,(H2,33,35,36)/t28?,32-/m0/s1. The Bertz CT molecular complexity index is 1660. The van der Waals surface area contributed by atoms with E-state index in [-0.39, 0.29) is 11.3 Å². The molecular weight excluding hydrogens is 542 g/mol. The number of amides is 1. The van der Waals surface area contributed by atoms with Crippen molar-refractivity contribution in [1.29, 1.82) is 0 Å². The number of aliphatic hydroxyl groups is 1. The van der Waals surface area contributed by atoms with Gasteiger partial charge in [0.05, 0.1) is 10.9 Å². The number of hydrogen-bond donors (Lipinski definition) is 3. The molecule has 4 aromatic rings. The molecule has 1 spiro atoms. The molecular formula is C32H39N9O2. The lowest BCUT2D eigenvalue weighted by molar-refractivity contribution is -0.125. The third-order valence-corrected chi connectivity index (χ3v) is 9.34. The number of rotatable bonds is 8. The van der Waals surface area contributed by atoms with E-state index >= 15 is 0 Å². The summed E-state index contributed by atoms with van der Waals surface area (Å²) in [5, 5.41) is 27.3. The first-order valence-corrected chi connectivity index (χ1v) is 15.3. The number of anilines is 2. The van der Waals surface area contributed by atoms with Crippen molar-refractivity contribution in [2.45, 2.75) is 32.4 Å². The van der Waals surface area contributed by atoms with E-state index in [1.807, 2.05) is 31.0 Å². The minimum atomic E-state index is -0.564. The van der Waals surface area contributed by atoms with Crippen LogP contribution in [0, 0.1) is 5.41 Å². The predicted molar refractivity (Wildman–Crippen MR) is 167 cm³/mol. The third-order valence-electron chi connectivity index (χ3n) is 9.34. The van der Waals surface area contributed by atoms with Crippen LogP contribution in [-0.4, -0.2) is 97.8 Å². The van der Waals surface area contributed by atoms with Gasteiger partial charge in [-0.2, -0.15) is 10.2 Å². The lowest BCUT2D eigenvalue weighted by atomic mass is 9.85. The number of fused-ring (bicyclic) bond motifs is 1. The molecule has 11 heteroatoms. The van der Waals surface area contributed by atoms with E-state index in [4.69, 9.17) is 0 Å². The molecule has 1 unspecified atom stereocenters. The van der Waals surface area contributed by atoms with Crippen molar-refractivity contribution >= 4 is 33.9 Å². The maximum absolute atomic E-state index is 13.8. The van der Waals surface area contributed by atoms with Crippen molar-refractivity contribution in [3.8, 4) is 11.4 Å². The number of carbonyl (C=O) groups is 1. The van der Waals surface area contributed by atoms with Crippen molar-refractivity contribution in [3.63, 3.8) is 0 Å². The number of nitrogens with one attached hydrogen (secondary N) is 2. The second-order valence-corrected chi connectivity index (χ2v) is 12.1. The molecule has 224 valence electrons. The van der Waals surface area contributed by atoms with Crippen LogP contribution in [0.1, 0.15) is 31.7 Å².